The Morgan fingerprint density at radius 1 is 0.906 bits per heavy atom. The summed E-state index contributed by atoms with van der Waals surface area (Å²) < 4.78 is 0. The molecule has 2 saturated heterocycles. The molecule has 5 rings (SSSR count). The van der Waals surface area contributed by atoms with E-state index in [1.165, 1.54) is 51.4 Å². The molecule has 182 valence electrons. The minimum Gasteiger partial charge on any atom is -0.352 e. The van der Waals surface area contributed by atoms with Crippen molar-refractivity contribution >= 4 is 5.91 Å². The maximum absolute atomic E-state index is 13.6. The molecular weight excluding hydrogens is 398 g/mol. The first kappa shape index (κ1) is 23.1. The number of hydrogen-bond donors (Lipinski definition) is 4. The molecule has 6 heteroatoms. The van der Waals surface area contributed by atoms with Crippen LogP contribution in [0.15, 0.2) is 0 Å². The number of piperidine rings is 1. The molecule has 3 aliphatic carbocycles. The second kappa shape index (κ2) is 10.3. The van der Waals surface area contributed by atoms with Crippen LogP contribution in [0.5, 0.6) is 0 Å². The van der Waals surface area contributed by atoms with E-state index in [0.29, 0.717) is 36.8 Å². The second-order valence-corrected chi connectivity index (χ2v) is 11.8. The first-order chi connectivity index (χ1) is 15.6. The molecule has 7 unspecified atom stereocenters. The summed E-state index contributed by atoms with van der Waals surface area (Å²) in [4.78, 5) is 16.2. The van der Waals surface area contributed by atoms with Gasteiger partial charge in [0.15, 0.2) is 0 Å². The lowest BCUT2D eigenvalue weighted by atomic mass is 9.65. The SMILES string of the molecule is NCC1CCC2CC(C(=O)NC3CCC(N)CC3)N(CC3CCCC4CCCCC43)C2N1. The summed E-state index contributed by atoms with van der Waals surface area (Å²) in [7, 11) is 0. The average Bonchev–Trinajstić information content (AvgIpc) is 3.18. The average molecular weight is 446 g/mol. The zero-order valence-electron chi connectivity index (χ0n) is 20.0. The Kier molecular flexibility index (Phi) is 7.42. The van der Waals surface area contributed by atoms with Crippen LogP contribution in [-0.4, -0.2) is 54.2 Å². The van der Waals surface area contributed by atoms with Crippen LogP contribution in [0.3, 0.4) is 0 Å². The molecule has 0 aromatic rings. The number of nitrogens with zero attached hydrogens (tertiary/aromatic N) is 1. The predicted molar refractivity (Wildman–Crippen MR) is 129 cm³/mol. The van der Waals surface area contributed by atoms with Crippen molar-refractivity contribution in [3.63, 3.8) is 0 Å². The Morgan fingerprint density at radius 2 is 1.69 bits per heavy atom. The van der Waals surface area contributed by atoms with E-state index in [1.807, 2.05) is 0 Å². The van der Waals surface area contributed by atoms with Crippen molar-refractivity contribution in [3.8, 4) is 0 Å². The summed E-state index contributed by atoms with van der Waals surface area (Å²) in [5.41, 5.74) is 12.2. The molecule has 1 amide bonds. The van der Waals surface area contributed by atoms with Gasteiger partial charge in [0.2, 0.25) is 5.91 Å². The van der Waals surface area contributed by atoms with Crippen LogP contribution in [0.4, 0.5) is 0 Å². The summed E-state index contributed by atoms with van der Waals surface area (Å²) in [6.45, 7) is 1.80. The van der Waals surface area contributed by atoms with E-state index in [-0.39, 0.29) is 11.9 Å². The predicted octanol–water partition coefficient (Wildman–Crippen LogP) is 2.71. The monoisotopic (exact) mass is 445 g/mol. The highest BCUT2D eigenvalue weighted by molar-refractivity contribution is 5.82. The molecule has 0 spiro atoms. The van der Waals surface area contributed by atoms with E-state index in [9.17, 15) is 4.79 Å². The van der Waals surface area contributed by atoms with Crippen LogP contribution in [0, 0.1) is 23.7 Å². The summed E-state index contributed by atoms with van der Waals surface area (Å²) in [6.07, 6.45) is 17.7. The lowest BCUT2D eigenvalue weighted by molar-refractivity contribution is -0.127. The van der Waals surface area contributed by atoms with Crippen molar-refractivity contribution in [1.29, 1.82) is 0 Å². The first-order valence-electron chi connectivity index (χ1n) is 13.9. The van der Waals surface area contributed by atoms with Gasteiger partial charge < -0.3 is 16.8 Å². The van der Waals surface area contributed by atoms with Gasteiger partial charge in [-0.1, -0.05) is 32.1 Å². The Morgan fingerprint density at radius 3 is 2.50 bits per heavy atom. The minimum atomic E-state index is 0.0218. The Hall–Kier alpha value is -0.690. The number of carbonyl (C=O) groups excluding carboxylic acids is 1. The largest absolute Gasteiger partial charge is 0.352 e. The molecule has 0 bridgehead atoms. The van der Waals surface area contributed by atoms with Gasteiger partial charge in [-0.3, -0.25) is 15.0 Å². The fourth-order valence-electron chi connectivity index (χ4n) is 8.08. The number of carbonyl (C=O) groups is 1. The van der Waals surface area contributed by atoms with Gasteiger partial charge in [0.05, 0.1) is 12.2 Å². The van der Waals surface area contributed by atoms with E-state index >= 15 is 0 Å². The highest BCUT2D eigenvalue weighted by atomic mass is 16.2. The summed E-state index contributed by atoms with van der Waals surface area (Å²) in [6, 6.07) is 1.05. The van der Waals surface area contributed by atoms with Gasteiger partial charge in [-0.15, -0.1) is 0 Å². The number of amides is 1. The highest BCUT2D eigenvalue weighted by Gasteiger charge is 2.48. The van der Waals surface area contributed by atoms with Gasteiger partial charge in [0.25, 0.3) is 0 Å². The molecule has 2 aliphatic heterocycles. The molecule has 6 nitrogen and oxygen atoms in total. The third kappa shape index (κ3) is 4.89. The van der Waals surface area contributed by atoms with Crippen molar-refractivity contribution < 1.29 is 4.79 Å². The standard InChI is InChI=1S/C26H47N5O/c27-15-22-11-8-18-14-24(26(32)30-21-12-9-20(28)10-13-21)31(25(18)29-22)16-19-6-3-5-17-4-1-2-7-23(17)19/h17-25,29H,1-16,27-28H2,(H,30,32). The highest BCUT2D eigenvalue weighted by Crippen LogP contribution is 2.46. The van der Waals surface area contributed by atoms with E-state index in [1.54, 1.807) is 0 Å². The fourth-order valence-corrected chi connectivity index (χ4v) is 8.08. The normalized spacial score (nSPS) is 45.1. The molecule has 32 heavy (non-hydrogen) atoms. The van der Waals surface area contributed by atoms with Crippen molar-refractivity contribution in [2.45, 2.75) is 120 Å². The maximum Gasteiger partial charge on any atom is 0.237 e. The van der Waals surface area contributed by atoms with Gasteiger partial charge in [0.1, 0.15) is 0 Å². The minimum absolute atomic E-state index is 0.0218. The third-order valence-electron chi connectivity index (χ3n) is 9.90. The Bertz CT molecular complexity index is 634. The zero-order chi connectivity index (χ0) is 22.1. The molecule has 6 N–H and O–H groups in total. The molecule has 5 aliphatic rings. The Balaban J connectivity index is 1.30. The van der Waals surface area contributed by atoms with Crippen LogP contribution >= 0.6 is 0 Å². The summed E-state index contributed by atoms with van der Waals surface area (Å²) in [5.74, 6) is 3.45. The molecule has 5 fully saturated rings. The summed E-state index contributed by atoms with van der Waals surface area (Å²) in [5, 5.41) is 7.33. The maximum atomic E-state index is 13.6. The fraction of sp³-hybridized carbons (Fsp3) is 0.962. The number of nitrogens with one attached hydrogen (secondary N) is 2. The van der Waals surface area contributed by atoms with E-state index in [2.05, 4.69) is 15.5 Å². The van der Waals surface area contributed by atoms with Crippen LogP contribution in [0.25, 0.3) is 0 Å². The van der Waals surface area contributed by atoms with Crippen molar-refractivity contribution in [2.24, 2.45) is 35.1 Å². The van der Waals surface area contributed by atoms with E-state index < -0.39 is 0 Å². The van der Waals surface area contributed by atoms with Crippen LogP contribution in [0.1, 0.15) is 89.9 Å². The number of nitrogens with two attached hydrogens (primary N) is 2. The van der Waals surface area contributed by atoms with E-state index in [4.69, 9.17) is 11.5 Å². The zero-order valence-corrected chi connectivity index (χ0v) is 20.0. The number of likely N-dealkylation sites (tertiary alicyclic amines) is 1. The first-order valence-corrected chi connectivity index (χ1v) is 13.9. The Labute approximate surface area is 195 Å². The number of fused-ring (bicyclic) bond motifs is 2. The van der Waals surface area contributed by atoms with Crippen LogP contribution < -0.4 is 22.1 Å². The molecule has 0 aromatic carbocycles. The third-order valence-corrected chi connectivity index (χ3v) is 9.90. The second-order valence-electron chi connectivity index (χ2n) is 11.8. The topological polar surface area (TPSA) is 96.4 Å². The number of hydrogen-bond acceptors (Lipinski definition) is 5. The van der Waals surface area contributed by atoms with Crippen LogP contribution in [0.2, 0.25) is 0 Å². The van der Waals surface area contributed by atoms with Crippen molar-refractivity contribution in [2.75, 3.05) is 13.1 Å². The molecule has 7 atom stereocenters. The van der Waals surface area contributed by atoms with Crippen molar-refractivity contribution in [3.05, 3.63) is 0 Å². The molecular formula is C26H47N5O. The quantitative estimate of drug-likeness (QED) is 0.522. The van der Waals surface area contributed by atoms with Gasteiger partial charge in [0, 0.05) is 31.2 Å². The van der Waals surface area contributed by atoms with Gasteiger partial charge in [-0.2, -0.15) is 0 Å². The molecule has 0 aromatic heterocycles. The molecule has 0 radical (unpaired) electrons. The van der Waals surface area contributed by atoms with Crippen molar-refractivity contribution in [1.82, 2.24) is 15.5 Å². The van der Waals surface area contributed by atoms with Gasteiger partial charge in [-0.25, -0.2) is 0 Å². The smallest absolute Gasteiger partial charge is 0.237 e. The van der Waals surface area contributed by atoms with Crippen LogP contribution in [-0.2, 0) is 4.79 Å². The lowest BCUT2D eigenvalue weighted by Gasteiger charge is -2.45. The van der Waals surface area contributed by atoms with Gasteiger partial charge in [-0.05, 0) is 81.5 Å². The number of rotatable bonds is 5. The molecule has 2 heterocycles. The molecule has 3 saturated carbocycles. The van der Waals surface area contributed by atoms with Gasteiger partial charge >= 0.3 is 0 Å². The lowest BCUT2D eigenvalue weighted by Crippen LogP contribution is -2.59. The summed E-state index contributed by atoms with van der Waals surface area (Å²) >= 11 is 0. The van der Waals surface area contributed by atoms with E-state index in [0.717, 1.165) is 62.8 Å².